The third-order valence-electron chi connectivity index (χ3n) is 4.46. The van der Waals surface area contributed by atoms with E-state index >= 15 is 0 Å². The monoisotopic (exact) mass is 372 g/mol. The maximum atomic E-state index is 12.9. The van der Waals surface area contributed by atoms with Crippen LogP contribution >= 0.6 is 11.6 Å². The SMILES string of the molecule is O=C1COc2cc(C(=O)N3CCO[C@H](c4ccc(Cl)cc4)C3)ccc2N1. The average Bonchev–Trinajstić information content (AvgIpc) is 2.67. The molecule has 2 amide bonds. The summed E-state index contributed by atoms with van der Waals surface area (Å²) in [6.45, 7) is 1.42. The minimum Gasteiger partial charge on any atom is -0.482 e. The number of rotatable bonds is 2. The van der Waals surface area contributed by atoms with Crippen LogP contribution in [0, 0.1) is 0 Å². The molecule has 0 aromatic heterocycles. The van der Waals surface area contributed by atoms with E-state index < -0.39 is 0 Å². The molecule has 0 bridgehead atoms. The van der Waals surface area contributed by atoms with Crippen molar-refractivity contribution >= 4 is 29.1 Å². The lowest BCUT2D eigenvalue weighted by Crippen LogP contribution is -2.42. The molecule has 134 valence electrons. The second-order valence-electron chi connectivity index (χ2n) is 6.21. The lowest BCUT2D eigenvalue weighted by Gasteiger charge is -2.33. The van der Waals surface area contributed by atoms with E-state index in [1.165, 1.54) is 0 Å². The minimum atomic E-state index is -0.199. The number of anilines is 1. The number of hydrogen-bond acceptors (Lipinski definition) is 4. The standard InChI is InChI=1S/C19H17ClN2O4/c20-14-4-1-12(2-5-14)17-10-22(7-8-25-17)19(24)13-3-6-15-16(9-13)26-11-18(23)21-15/h1-6,9,17H,7-8,10-11H2,(H,21,23)/t17-/m0/s1. The van der Waals surface area contributed by atoms with Gasteiger partial charge in [-0.3, -0.25) is 9.59 Å². The topological polar surface area (TPSA) is 67.9 Å². The number of hydrogen-bond donors (Lipinski definition) is 1. The number of nitrogens with zero attached hydrogens (tertiary/aromatic N) is 1. The number of amides is 2. The Morgan fingerprint density at radius 1 is 1.19 bits per heavy atom. The maximum Gasteiger partial charge on any atom is 0.262 e. The fourth-order valence-corrected chi connectivity index (χ4v) is 3.23. The Hall–Kier alpha value is -2.57. The van der Waals surface area contributed by atoms with Crippen molar-refractivity contribution in [2.45, 2.75) is 6.10 Å². The Morgan fingerprint density at radius 2 is 2.00 bits per heavy atom. The molecule has 7 heteroatoms. The number of benzene rings is 2. The first-order valence-corrected chi connectivity index (χ1v) is 8.71. The lowest BCUT2D eigenvalue weighted by molar-refractivity contribution is -0.118. The Bertz CT molecular complexity index is 853. The third kappa shape index (κ3) is 3.38. The molecule has 2 aromatic rings. The predicted octanol–water partition coefficient (Wildman–Crippen LogP) is 2.88. The molecular formula is C19H17ClN2O4. The van der Waals surface area contributed by atoms with Crippen molar-refractivity contribution in [3.05, 3.63) is 58.6 Å². The van der Waals surface area contributed by atoms with Crippen molar-refractivity contribution in [1.29, 1.82) is 0 Å². The normalized spacial score (nSPS) is 19.3. The van der Waals surface area contributed by atoms with Gasteiger partial charge in [0, 0.05) is 17.1 Å². The van der Waals surface area contributed by atoms with E-state index in [-0.39, 0.29) is 24.5 Å². The quantitative estimate of drug-likeness (QED) is 0.880. The van der Waals surface area contributed by atoms with Crippen molar-refractivity contribution < 1.29 is 19.1 Å². The van der Waals surface area contributed by atoms with Crippen molar-refractivity contribution in [3.8, 4) is 5.75 Å². The van der Waals surface area contributed by atoms with Crippen LogP contribution in [0.4, 0.5) is 5.69 Å². The zero-order chi connectivity index (χ0) is 18.1. The molecule has 0 saturated carbocycles. The molecule has 0 aliphatic carbocycles. The highest BCUT2D eigenvalue weighted by molar-refractivity contribution is 6.30. The summed E-state index contributed by atoms with van der Waals surface area (Å²) >= 11 is 5.93. The summed E-state index contributed by atoms with van der Waals surface area (Å²) in [4.78, 5) is 26.0. The van der Waals surface area contributed by atoms with Gasteiger partial charge in [-0.05, 0) is 35.9 Å². The summed E-state index contributed by atoms with van der Waals surface area (Å²) < 4.78 is 11.2. The van der Waals surface area contributed by atoms with E-state index in [0.29, 0.717) is 41.7 Å². The van der Waals surface area contributed by atoms with E-state index in [2.05, 4.69) is 5.32 Å². The molecule has 1 N–H and O–H groups in total. The molecule has 26 heavy (non-hydrogen) atoms. The van der Waals surface area contributed by atoms with Gasteiger partial charge in [0.05, 0.1) is 18.8 Å². The lowest BCUT2D eigenvalue weighted by atomic mass is 10.1. The fourth-order valence-electron chi connectivity index (χ4n) is 3.10. The zero-order valence-electron chi connectivity index (χ0n) is 13.9. The minimum absolute atomic E-state index is 0.0408. The second kappa shape index (κ2) is 6.97. The average molecular weight is 373 g/mol. The van der Waals surface area contributed by atoms with Crippen LogP contribution in [0.3, 0.4) is 0 Å². The third-order valence-corrected chi connectivity index (χ3v) is 4.71. The van der Waals surface area contributed by atoms with Crippen molar-refractivity contribution in [2.24, 2.45) is 0 Å². The zero-order valence-corrected chi connectivity index (χ0v) is 14.7. The molecule has 0 unspecified atom stereocenters. The largest absolute Gasteiger partial charge is 0.482 e. The summed E-state index contributed by atoms with van der Waals surface area (Å²) in [5, 5.41) is 3.38. The Labute approximate surface area is 155 Å². The summed E-state index contributed by atoms with van der Waals surface area (Å²) in [6.07, 6.45) is -0.182. The van der Waals surface area contributed by atoms with E-state index in [0.717, 1.165) is 5.56 Å². The van der Waals surface area contributed by atoms with Gasteiger partial charge >= 0.3 is 0 Å². The number of ether oxygens (including phenoxy) is 2. The first kappa shape index (κ1) is 16.9. The summed E-state index contributed by atoms with van der Waals surface area (Å²) in [5.41, 5.74) is 2.10. The van der Waals surface area contributed by atoms with Gasteiger partial charge in [-0.15, -0.1) is 0 Å². The van der Waals surface area contributed by atoms with Gasteiger partial charge in [0.25, 0.3) is 11.8 Å². The number of nitrogens with one attached hydrogen (secondary N) is 1. The fraction of sp³-hybridized carbons (Fsp3) is 0.263. The van der Waals surface area contributed by atoms with Gasteiger partial charge in [0.1, 0.15) is 11.9 Å². The van der Waals surface area contributed by atoms with E-state index in [1.807, 2.05) is 24.3 Å². The Morgan fingerprint density at radius 3 is 2.81 bits per heavy atom. The molecule has 6 nitrogen and oxygen atoms in total. The van der Waals surface area contributed by atoms with Crippen molar-refractivity contribution in [2.75, 3.05) is 31.6 Å². The smallest absolute Gasteiger partial charge is 0.262 e. The highest BCUT2D eigenvalue weighted by Crippen LogP contribution is 2.30. The predicted molar refractivity (Wildman–Crippen MR) is 96.6 cm³/mol. The number of halogens is 1. The van der Waals surface area contributed by atoms with Crippen LogP contribution < -0.4 is 10.1 Å². The van der Waals surface area contributed by atoms with Crippen LogP contribution in [0.1, 0.15) is 22.0 Å². The van der Waals surface area contributed by atoms with Gasteiger partial charge in [0.2, 0.25) is 0 Å². The Balaban J connectivity index is 1.51. The highest BCUT2D eigenvalue weighted by atomic mass is 35.5. The molecule has 2 aliphatic rings. The molecule has 1 saturated heterocycles. The molecule has 1 fully saturated rings. The van der Waals surface area contributed by atoms with E-state index in [4.69, 9.17) is 21.1 Å². The number of morpholine rings is 1. The van der Waals surface area contributed by atoms with Crippen LogP contribution in [-0.4, -0.2) is 43.0 Å². The first-order chi connectivity index (χ1) is 12.6. The summed E-state index contributed by atoms with van der Waals surface area (Å²) in [7, 11) is 0. The van der Waals surface area contributed by atoms with Gasteiger partial charge in [-0.1, -0.05) is 23.7 Å². The molecule has 2 heterocycles. The van der Waals surface area contributed by atoms with Gasteiger partial charge < -0.3 is 19.7 Å². The second-order valence-corrected chi connectivity index (χ2v) is 6.65. The van der Waals surface area contributed by atoms with Crippen LogP contribution in [0.2, 0.25) is 5.02 Å². The van der Waals surface area contributed by atoms with Crippen LogP contribution in [0.5, 0.6) is 5.75 Å². The van der Waals surface area contributed by atoms with Gasteiger partial charge in [-0.25, -0.2) is 0 Å². The maximum absolute atomic E-state index is 12.9. The number of carbonyl (C=O) groups is 2. The summed E-state index contributed by atoms with van der Waals surface area (Å²) in [5.74, 6) is 0.226. The molecular weight excluding hydrogens is 356 g/mol. The molecule has 2 aliphatic heterocycles. The van der Waals surface area contributed by atoms with Crippen LogP contribution in [-0.2, 0) is 9.53 Å². The first-order valence-electron chi connectivity index (χ1n) is 8.33. The molecule has 0 spiro atoms. The molecule has 4 rings (SSSR count). The number of carbonyl (C=O) groups excluding carboxylic acids is 2. The molecule has 2 aromatic carbocycles. The van der Waals surface area contributed by atoms with E-state index in [9.17, 15) is 9.59 Å². The van der Waals surface area contributed by atoms with E-state index in [1.54, 1.807) is 23.1 Å². The van der Waals surface area contributed by atoms with Crippen molar-refractivity contribution in [3.63, 3.8) is 0 Å². The van der Waals surface area contributed by atoms with Crippen molar-refractivity contribution in [1.82, 2.24) is 4.90 Å². The molecule has 0 radical (unpaired) electrons. The van der Waals surface area contributed by atoms with Gasteiger partial charge in [0.15, 0.2) is 6.61 Å². The molecule has 1 atom stereocenters. The van der Waals surface area contributed by atoms with Crippen LogP contribution in [0.15, 0.2) is 42.5 Å². The van der Waals surface area contributed by atoms with Gasteiger partial charge in [-0.2, -0.15) is 0 Å². The number of fused-ring (bicyclic) bond motifs is 1. The Kier molecular flexibility index (Phi) is 4.53. The summed E-state index contributed by atoms with van der Waals surface area (Å²) in [6, 6.07) is 12.5. The highest BCUT2D eigenvalue weighted by Gasteiger charge is 2.27. The van der Waals surface area contributed by atoms with Crippen LogP contribution in [0.25, 0.3) is 0 Å².